The fourth-order valence-corrected chi connectivity index (χ4v) is 1.34. The lowest BCUT2D eigenvalue weighted by Gasteiger charge is -2.20. The Morgan fingerprint density at radius 2 is 1.76 bits per heavy atom. The number of nitrogens with one attached hydrogen (secondary N) is 1. The number of benzene rings is 1. The second-order valence-corrected chi connectivity index (χ2v) is 3.61. The monoisotopic (exact) mass is 249 g/mol. The van der Waals surface area contributed by atoms with E-state index in [0.29, 0.717) is 5.56 Å². The van der Waals surface area contributed by atoms with Gasteiger partial charge >= 0.3 is 6.18 Å². The number of hydrogen-bond donors (Lipinski definition) is 3. The molecule has 0 spiro atoms. The molecule has 1 rings (SSSR count). The van der Waals surface area contributed by atoms with Crippen LogP contribution in [-0.4, -0.2) is 35.6 Å². The van der Waals surface area contributed by atoms with E-state index in [2.05, 4.69) is 5.32 Å². The second kappa shape index (κ2) is 6.00. The minimum atomic E-state index is -4.65. The summed E-state index contributed by atoms with van der Waals surface area (Å²) in [5.74, 6) is 0. The first-order valence-electron chi connectivity index (χ1n) is 5.09. The Balaban J connectivity index is 2.55. The molecule has 0 unspecified atom stereocenters. The molecule has 0 heterocycles. The third-order valence-corrected chi connectivity index (χ3v) is 2.32. The van der Waals surface area contributed by atoms with Crippen molar-refractivity contribution in [1.82, 2.24) is 5.32 Å². The maximum absolute atomic E-state index is 12.1. The number of halogens is 3. The van der Waals surface area contributed by atoms with Crippen LogP contribution in [0.1, 0.15) is 11.6 Å². The Morgan fingerprint density at radius 1 is 1.18 bits per heavy atom. The largest absolute Gasteiger partial charge is 0.415 e. The van der Waals surface area contributed by atoms with Gasteiger partial charge in [0.25, 0.3) is 0 Å². The second-order valence-electron chi connectivity index (χ2n) is 3.61. The average molecular weight is 249 g/mol. The van der Waals surface area contributed by atoms with Crippen LogP contribution >= 0.6 is 0 Å². The van der Waals surface area contributed by atoms with Crippen LogP contribution in [0.3, 0.4) is 0 Å². The van der Waals surface area contributed by atoms with E-state index in [-0.39, 0.29) is 6.61 Å². The minimum Gasteiger partial charge on any atom is -0.394 e. The molecule has 3 nitrogen and oxygen atoms in total. The van der Waals surface area contributed by atoms with E-state index >= 15 is 0 Å². The molecule has 3 N–H and O–H groups in total. The van der Waals surface area contributed by atoms with Gasteiger partial charge in [-0.3, -0.25) is 0 Å². The molecule has 0 fully saturated rings. The number of aliphatic hydroxyl groups excluding tert-OH is 2. The summed E-state index contributed by atoms with van der Waals surface area (Å²) < 4.78 is 36.2. The maximum atomic E-state index is 12.1. The van der Waals surface area contributed by atoms with E-state index in [0.717, 1.165) is 0 Å². The van der Waals surface area contributed by atoms with Crippen molar-refractivity contribution in [3.8, 4) is 0 Å². The fraction of sp³-hybridized carbons (Fsp3) is 0.455. The summed E-state index contributed by atoms with van der Waals surface area (Å²) in [6.07, 6.45) is -7.08. The predicted octanol–water partition coefficient (Wildman–Crippen LogP) is 1.23. The van der Waals surface area contributed by atoms with Crippen LogP contribution < -0.4 is 5.32 Å². The molecule has 0 radical (unpaired) electrons. The Bertz CT molecular complexity index is 329. The van der Waals surface area contributed by atoms with Crippen molar-refractivity contribution < 1.29 is 23.4 Å². The third-order valence-electron chi connectivity index (χ3n) is 2.32. The Kier molecular flexibility index (Phi) is 4.92. The topological polar surface area (TPSA) is 52.5 Å². The molecular formula is C11H14F3NO2. The highest BCUT2D eigenvalue weighted by Gasteiger charge is 2.38. The van der Waals surface area contributed by atoms with Gasteiger partial charge < -0.3 is 15.5 Å². The Hall–Kier alpha value is -1.11. The van der Waals surface area contributed by atoms with E-state index < -0.39 is 24.9 Å². The van der Waals surface area contributed by atoms with Crippen LogP contribution in [0.25, 0.3) is 0 Å². The van der Waals surface area contributed by atoms with Crippen LogP contribution in [0, 0.1) is 0 Å². The van der Waals surface area contributed by atoms with Crippen molar-refractivity contribution in [3.05, 3.63) is 35.9 Å². The first-order chi connectivity index (χ1) is 7.95. The molecule has 0 saturated heterocycles. The van der Waals surface area contributed by atoms with Gasteiger partial charge in [-0.2, -0.15) is 13.2 Å². The summed E-state index contributed by atoms with van der Waals surface area (Å²) in [6, 6.07) is 7.97. The number of hydrogen-bond acceptors (Lipinski definition) is 3. The molecule has 96 valence electrons. The van der Waals surface area contributed by atoms with E-state index in [9.17, 15) is 13.2 Å². The zero-order valence-corrected chi connectivity index (χ0v) is 8.98. The lowest BCUT2D eigenvalue weighted by molar-refractivity contribution is -0.202. The molecule has 6 heteroatoms. The highest BCUT2D eigenvalue weighted by molar-refractivity contribution is 5.18. The van der Waals surface area contributed by atoms with Gasteiger partial charge in [-0.1, -0.05) is 30.3 Å². The zero-order valence-electron chi connectivity index (χ0n) is 8.98. The van der Waals surface area contributed by atoms with E-state index in [1.165, 1.54) is 0 Å². The Labute approximate surface area is 96.9 Å². The summed E-state index contributed by atoms with van der Waals surface area (Å²) in [4.78, 5) is 0. The molecule has 0 aliphatic rings. The molecule has 0 bridgehead atoms. The van der Waals surface area contributed by atoms with Gasteiger partial charge in [0.1, 0.15) is 0 Å². The van der Waals surface area contributed by atoms with Gasteiger partial charge in [0.15, 0.2) is 6.10 Å². The Morgan fingerprint density at radius 3 is 2.24 bits per heavy atom. The molecule has 0 aliphatic heterocycles. The molecule has 2 atom stereocenters. The molecular weight excluding hydrogens is 235 g/mol. The molecule has 1 aromatic rings. The van der Waals surface area contributed by atoms with Gasteiger partial charge in [0.05, 0.1) is 12.6 Å². The fourth-order valence-electron chi connectivity index (χ4n) is 1.34. The normalized spacial score (nSPS) is 15.6. The van der Waals surface area contributed by atoms with Crippen LogP contribution in [0.4, 0.5) is 13.2 Å². The summed E-state index contributed by atoms with van der Waals surface area (Å²) in [7, 11) is 0. The first-order valence-corrected chi connectivity index (χ1v) is 5.09. The van der Waals surface area contributed by atoms with Crippen molar-refractivity contribution in [1.29, 1.82) is 0 Å². The van der Waals surface area contributed by atoms with Gasteiger partial charge in [-0.05, 0) is 5.56 Å². The summed E-state index contributed by atoms with van der Waals surface area (Å²) >= 11 is 0. The van der Waals surface area contributed by atoms with Crippen molar-refractivity contribution in [2.75, 3.05) is 13.2 Å². The molecule has 17 heavy (non-hydrogen) atoms. The smallest absolute Gasteiger partial charge is 0.394 e. The molecule has 0 saturated carbocycles. The third kappa shape index (κ3) is 4.33. The summed E-state index contributed by atoms with van der Waals surface area (Å²) in [5, 5.41) is 20.3. The molecule has 0 amide bonds. The van der Waals surface area contributed by atoms with Crippen LogP contribution in [-0.2, 0) is 0 Å². The van der Waals surface area contributed by atoms with E-state index in [4.69, 9.17) is 10.2 Å². The SMILES string of the molecule is OC[C@@H](NC[C@@H](O)C(F)(F)F)c1ccccc1. The molecule has 0 aliphatic carbocycles. The number of rotatable bonds is 5. The van der Waals surface area contributed by atoms with Crippen LogP contribution in [0.2, 0.25) is 0 Å². The van der Waals surface area contributed by atoms with Gasteiger partial charge in [-0.15, -0.1) is 0 Å². The van der Waals surface area contributed by atoms with Crippen molar-refractivity contribution in [2.45, 2.75) is 18.3 Å². The number of aliphatic hydroxyl groups is 2. The van der Waals surface area contributed by atoms with Gasteiger partial charge in [0.2, 0.25) is 0 Å². The highest BCUT2D eigenvalue weighted by atomic mass is 19.4. The minimum absolute atomic E-state index is 0.339. The van der Waals surface area contributed by atoms with Gasteiger partial charge in [-0.25, -0.2) is 0 Å². The number of alkyl halides is 3. The molecule has 0 aromatic heterocycles. The molecule has 1 aromatic carbocycles. The van der Waals surface area contributed by atoms with E-state index in [1.54, 1.807) is 30.3 Å². The standard InChI is InChI=1S/C11H14F3NO2/c12-11(13,14)10(17)6-15-9(7-16)8-4-2-1-3-5-8/h1-5,9-10,15-17H,6-7H2/t9-,10-/m1/s1. The summed E-state index contributed by atoms with van der Waals surface area (Å²) in [6.45, 7) is -0.988. The van der Waals surface area contributed by atoms with Crippen LogP contribution in [0.15, 0.2) is 30.3 Å². The van der Waals surface area contributed by atoms with Crippen molar-refractivity contribution in [3.63, 3.8) is 0 Å². The van der Waals surface area contributed by atoms with Crippen LogP contribution in [0.5, 0.6) is 0 Å². The predicted molar refractivity (Wildman–Crippen MR) is 56.3 cm³/mol. The quantitative estimate of drug-likeness (QED) is 0.735. The average Bonchev–Trinajstić information content (AvgIpc) is 2.29. The lowest BCUT2D eigenvalue weighted by Crippen LogP contribution is -2.40. The lowest BCUT2D eigenvalue weighted by atomic mass is 10.1. The highest BCUT2D eigenvalue weighted by Crippen LogP contribution is 2.20. The van der Waals surface area contributed by atoms with Gasteiger partial charge in [0, 0.05) is 6.54 Å². The van der Waals surface area contributed by atoms with Crippen molar-refractivity contribution in [2.24, 2.45) is 0 Å². The van der Waals surface area contributed by atoms with E-state index in [1.807, 2.05) is 0 Å². The zero-order chi connectivity index (χ0) is 12.9. The maximum Gasteiger partial charge on any atom is 0.415 e. The summed E-state index contributed by atoms with van der Waals surface area (Å²) in [5.41, 5.74) is 0.671. The first kappa shape index (κ1) is 14.0. The van der Waals surface area contributed by atoms with Crippen molar-refractivity contribution >= 4 is 0 Å².